The molecule has 17 heavy (non-hydrogen) atoms. The molecule has 0 unspecified atom stereocenters. The number of fused-ring (bicyclic) bond motifs is 1. The van der Waals surface area contributed by atoms with Crippen LogP contribution in [0.3, 0.4) is 0 Å². The standard InChI is InChI=1S/C11H14NO4P/c12-7-6-8-4-5-10-9(8)2-1-3-11(10)16-17(13,14)15/h1-4H,5-7,12H2,(H2,13,14,15). The van der Waals surface area contributed by atoms with E-state index in [2.05, 4.69) is 4.52 Å². The van der Waals surface area contributed by atoms with Crippen molar-refractivity contribution in [3.05, 3.63) is 35.4 Å². The Morgan fingerprint density at radius 2 is 2.18 bits per heavy atom. The van der Waals surface area contributed by atoms with Gasteiger partial charge in [-0.1, -0.05) is 18.2 Å². The highest BCUT2D eigenvalue weighted by Gasteiger charge is 2.22. The Balaban J connectivity index is 2.33. The molecule has 0 radical (unpaired) electrons. The fraction of sp³-hybridized carbons (Fsp3) is 0.273. The Morgan fingerprint density at radius 1 is 1.41 bits per heavy atom. The van der Waals surface area contributed by atoms with Crippen LogP contribution in [0.15, 0.2) is 24.3 Å². The summed E-state index contributed by atoms with van der Waals surface area (Å²) in [5.74, 6) is 0.249. The van der Waals surface area contributed by atoms with Gasteiger partial charge in [0, 0.05) is 5.56 Å². The summed E-state index contributed by atoms with van der Waals surface area (Å²) >= 11 is 0. The van der Waals surface area contributed by atoms with E-state index >= 15 is 0 Å². The van der Waals surface area contributed by atoms with Gasteiger partial charge in [0.25, 0.3) is 0 Å². The highest BCUT2D eigenvalue weighted by atomic mass is 31.2. The van der Waals surface area contributed by atoms with Crippen molar-refractivity contribution in [1.29, 1.82) is 0 Å². The van der Waals surface area contributed by atoms with Crippen molar-refractivity contribution < 1.29 is 18.9 Å². The Kier molecular flexibility index (Phi) is 3.35. The largest absolute Gasteiger partial charge is 0.524 e. The molecule has 5 nitrogen and oxygen atoms in total. The van der Waals surface area contributed by atoms with Gasteiger partial charge < -0.3 is 10.3 Å². The van der Waals surface area contributed by atoms with Gasteiger partial charge in [0.05, 0.1) is 0 Å². The topological polar surface area (TPSA) is 92.8 Å². The number of hydrogen-bond acceptors (Lipinski definition) is 3. The normalized spacial score (nSPS) is 14.4. The monoisotopic (exact) mass is 255 g/mol. The Bertz CT molecular complexity index is 506. The lowest BCUT2D eigenvalue weighted by Gasteiger charge is -2.12. The van der Waals surface area contributed by atoms with Crippen molar-refractivity contribution in [2.24, 2.45) is 5.73 Å². The van der Waals surface area contributed by atoms with Crippen molar-refractivity contribution in [3.8, 4) is 5.75 Å². The Morgan fingerprint density at radius 3 is 2.82 bits per heavy atom. The van der Waals surface area contributed by atoms with Gasteiger partial charge in [-0.2, -0.15) is 0 Å². The van der Waals surface area contributed by atoms with Crippen LogP contribution >= 0.6 is 7.82 Å². The van der Waals surface area contributed by atoms with Crippen LogP contribution in [0.25, 0.3) is 5.57 Å². The van der Waals surface area contributed by atoms with Crippen molar-refractivity contribution >= 4 is 13.4 Å². The predicted molar refractivity (Wildman–Crippen MR) is 64.5 cm³/mol. The number of nitrogens with two attached hydrogens (primary N) is 1. The summed E-state index contributed by atoms with van der Waals surface area (Å²) in [6, 6.07) is 5.20. The van der Waals surface area contributed by atoms with Gasteiger partial charge in [-0.3, -0.25) is 9.79 Å². The zero-order valence-electron chi connectivity index (χ0n) is 9.17. The molecular weight excluding hydrogens is 241 g/mol. The maximum absolute atomic E-state index is 10.8. The van der Waals surface area contributed by atoms with Gasteiger partial charge in [0.15, 0.2) is 0 Å². The van der Waals surface area contributed by atoms with Gasteiger partial charge in [0.1, 0.15) is 5.75 Å². The lowest BCUT2D eigenvalue weighted by atomic mass is 10.0. The van der Waals surface area contributed by atoms with Crippen molar-refractivity contribution in [2.75, 3.05) is 6.54 Å². The van der Waals surface area contributed by atoms with Crippen LogP contribution in [-0.2, 0) is 11.0 Å². The molecule has 0 aromatic heterocycles. The van der Waals surface area contributed by atoms with E-state index in [9.17, 15) is 4.57 Å². The van der Waals surface area contributed by atoms with Crippen LogP contribution in [0.5, 0.6) is 5.75 Å². The molecular formula is C11H14NO4P. The fourth-order valence-electron chi connectivity index (χ4n) is 2.02. The Hall–Kier alpha value is -1.13. The number of benzene rings is 1. The molecule has 0 amide bonds. The maximum Gasteiger partial charge on any atom is 0.524 e. The quantitative estimate of drug-likeness (QED) is 0.708. The second-order valence-corrected chi connectivity index (χ2v) is 5.00. The first kappa shape index (κ1) is 12.3. The predicted octanol–water partition coefficient (Wildman–Crippen LogP) is 1.45. The molecule has 1 aliphatic carbocycles. The number of allylic oxidation sites excluding steroid dienone is 1. The first-order chi connectivity index (χ1) is 8.01. The zero-order valence-corrected chi connectivity index (χ0v) is 10.1. The molecule has 1 aromatic carbocycles. The lowest BCUT2D eigenvalue weighted by Crippen LogP contribution is -2.00. The number of hydrogen-bond donors (Lipinski definition) is 3. The van der Waals surface area contributed by atoms with Crippen molar-refractivity contribution in [2.45, 2.75) is 12.8 Å². The summed E-state index contributed by atoms with van der Waals surface area (Å²) in [7, 11) is -4.50. The minimum absolute atomic E-state index is 0.249. The molecule has 0 saturated heterocycles. The zero-order chi connectivity index (χ0) is 12.5. The summed E-state index contributed by atoms with van der Waals surface area (Å²) in [6.45, 7) is 0.550. The molecule has 4 N–H and O–H groups in total. The van der Waals surface area contributed by atoms with Crippen LogP contribution in [0, 0.1) is 0 Å². The first-order valence-corrected chi connectivity index (χ1v) is 6.81. The molecule has 0 spiro atoms. The molecule has 0 fully saturated rings. The summed E-state index contributed by atoms with van der Waals surface area (Å²) in [6.07, 6.45) is 3.40. The van der Waals surface area contributed by atoms with Crippen molar-refractivity contribution in [1.82, 2.24) is 0 Å². The van der Waals surface area contributed by atoms with Crippen LogP contribution in [0.4, 0.5) is 0 Å². The van der Waals surface area contributed by atoms with Crippen molar-refractivity contribution in [3.63, 3.8) is 0 Å². The summed E-state index contributed by atoms with van der Waals surface area (Å²) in [5, 5.41) is 0. The van der Waals surface area contributed by atoms with Crippen LogP contribution < -0.4 is 10.3 Å². The van der Waals surface area contributed by atoms with E-state index in [-0.39, 0.29) is 5.75 Å². The fourth-order valence-corrected chi connectivity index (χ4v) is 2.45. The average molecular weight is 255 g/mol. The van der Waals surface area contributed by atoms with Gasteiger partial charge in [-0.15, -0.1) is 0 Å². The molecule has 1 aromatic rings. The third-order valence-corrected chi connectivity index (χ3v) is 3.10. The summed E-state index contributed by atoms with van der Waals surface area (Å²) in [5.41, 5.74) is 8.41. The van der Waals surface area contributed by atoms with E-state index in [1.807, 2.05) is 12.1 Å². The second-order valence-electron chi connectivity index (χ2n) is 3.84. The second kappa shape index (κ2) is 4.63. The average Bonchev–Trinajstić information content (AvgIpc) is 2.61. The molecule has 6 heteroatoms. The minimum Gasteiger partial charge on any atom is -0.404 e. The SMILES string of the molecule is NCCC1=CCc2c(OP(=O)(O)O)cccc21. The van der Waals surface area contributed by atoms with E-state index in [4.69, 9.17) is 15.5 Å². The molecule has 1 aliphatic rings. The van der Waals surface area contributed by atoms with E-state index in [1.54, 1.807) is 12.1 Å². The summed E-state index contributed by atoms with van der Waals surface area (Å²) in [4.78, 5) is 17.6. The smallest absolute Gasteiger partial charge is 0.404 e. The Labute approximate surface area is 99.2 Å². The highest BCUT2D eigenvalue weighted by molar-refractivity contribution is 7.46. The first-order valence-electron chi connectivity index (χ1n) is 5.28. The van der Waals surface area contributed by atoms with Crippen LogP contribution in [0.2, 0.25) is 0 Å². The lowest BCUT2D eigenvalue weighted by molar-refractivity contribution is 0.282. The number of phosphoric ester groups is 1. The molecule has 2 rings (SSSR count). The van der Waals surface area contributed by atoms with E-state index in [0.29, 0.717) is 13.0 Å². The molecule has 0 heterocycles. The van der Waals surface area contributed by atoms with Crippen LogP contribution in [0.1, 0.15) is 17.5 Å². The molecule has 0 saturated carbocycles. The van der Waals surface area contributed by atoms with Gasteiger partial charge >= 0.3 is 7.82 Å². The van der Waals surface area contributed by atoms with Gasteiger partial charge in [0.2, 0.25) is 0 Å². The van der Waals surface area contributed by atoms with E-state index < -0.39 is 7.82 Å². The van der Waals surface area contributed by atoms with Crippen LogP contribution in [-0.4, -0.2) is 16.3 Å². The highest BCUT2D eigenvalue weighted by Crippen LogP contribution is 2.43. The molecule has 0 aliphatic heterocycles. The molecule has 92 valence electrons. The third kappa shape index (κ3) is 2.76. The molecule has 0 bridgehead atoms. The number of phosphoric acid groups is 1. The number of rotatable bonds is 4. The minimum atomic E-state index is -4.50. The maximum atomic E-state index is 10.8. The van der Waals surface area contributed by atoms with Gasteiger partial charge in [-0.25, -0.2) is 4.57 Å². The van der Waals surface area contributed by atoms with E-state index in [0.717, 1.165) is 23.1 Å². The third-order valence-electron chi connectivity index (χ3n) is 2.66. The van der Waals surface area contributed by atoms with Gasteiger partial charge in [-0.05, 0) is 36.6 Å². The molecule has 0 atom stereocenters. The van der Waals surface area contributed by atoms with E-state index in [1.165, 1.54) is 0 Å². The summed E-state index contributed by atoms with van der Waals surface area (Å²) < 4.78 is 15.5.